The van der Waals surface area contributed by atoms with Crippen LogP contribution in [-0.4, -0.2) is 35.6 Å². The van der Waals surface area contributed by atoms with Gasteiger partial charge in [-0.1, -0.05) is 12.8 Å². The zero-order valence-electron chi connectivity index (χ0n) is 17.5. The van der Waals surface area contributed by atoms with Crippen molar-refractivity contribution in [3.8, 4) is 11.8 Å². The maximum absolute atomic E-state index is 13.1. The van der Waals surface area contributed by atoms with E-state index in [4.69, 9.17) is 4.74 Å². The Kier molecular flexibility index (Phi) is 5.67. The smallest absolute Gasteiger partial charge is 0.268 e. The van der Waals surface area contributed by atoms with E-state index in [2.05, 4.69) is 16.7 Å². The molecule has 2 aliphatic rings. The molecular formula is C23H28N4O3. The van der Waals surface area contributed by atoms with Gasteiger partial charge in [0.1, 0.15) is 17.5 Å². The average molecular weight is 409 g/mol. The van der Waals surface area contributed by atoms with Crippen LogP contribution in [0.3, 0.4) is 0 Å². The Morgan fingerprint density at radius 3 is 2.67 bits per heavy atom. The van der Waals surface area contributed by atoms with Crippen molar-refractivity contribution in [3.05, 3.63) is 30.0 Å². The summed E-state index contributed by atoms with van der Waals surface area (Å²) in [6, 6.07) is 9.15. The highest BCUT2D eigenvalue weighted by Crippen LogP contribution is 2.33. The van der Waals surface area contributed by atoms with Crippen molar-refractivity contribution in [1.82, 2.24) is 15.2 Å². The number of amides is 2. The van der Waals surface area contributed by atoms with Crippen LogP contribution in [0.4, 0.5) is 0 Å². The maximum atomic E-state index is 13.1. The lowest BCUT2D eigenvalue weighted by Crippen LogP contribution is -2.50. The summed E-state index contributed by atoms with van der Waals surface area (Å²) < 4.78 is 7.14. The molecule has 0 radical (unpaired) electrons. The van der Waals surface area contributed by atoms with E-state index in [0.717, 1.165) is 55.2 Å². The monoisotopic (exact) mass is 408 g/mol. The third kappa shape index (κ3) is 4.00. The van der Waals surface area contributed by atoms with Gasteiger partial charge in [0.2, 0.25) is 5.91 Å². The second kappa shape index (κ2) is 8.39. The molecule has 7 heteroatoms. The molecule has 1 aromatic heterocycles. The Bertz CT molecular complexity index is 1000. The molecule has 2 fully saturated rings. The molecular weight excluding hydrogens is 380 g/mol. The topological polar surface area (TPSA) is 96.2 Å². The third-order valence-corrected chi connectivity index (χ3v) is 6.43. The standard InChI is InChI=1S/C23H28N4O3/c1-27-20-12-16(30-2)10-9-15(20)11-21(27)23(29)25-18-6-4-3-5-17(18)22(28)26-19(13-24)14-7-8-14/h9-12,14,17-19H,3-8H2,1-2H3,(H,25,29)(H,26,28). The lowest BCUT2D eigenvalue weighted by atomic mass is 9.83. The summed E-state index contributed by atoms with van der Waals surface area (Å²) in [5.41, 5.74) is 1.47. The van der Waals surface area contributed by atoms with Gasteiger partial charge in [-0.15, -0.1) is 0 Å². The van der Waals surface area contributed by atoms with Crippen LogP contribution < -0.4 is 15.4 Å². The lowest BCUT2D eigenvalue weighted by molar-refractivity contribution is -0.127. The number of carbonyl (C=O) groups is 2. The van der Waals surface area contributed by atoms with Crippen molar-refractivity contribution < 1.29 is 14.3 Å². The number of nitriles is 1. The molecule has 2 saturated carbocycles. The quantitative estimate of drug-likeness (QED) is 0.768. The summed E-state index contributed by atoms with van der Waals surface area (Å²) in [5.74, 6) is 0.425. The van der Waals surface area contributed by atoms with Crippen molar-refractivity contribution in [2.45, 2.75) is 50.6 Å². The van der Waals surface area contributed by atoms with Gasteiger partial charge < -0.3 is 19.9 Å². The zero-order chi connectivity index (χ0) is 21.3. The van der Waals surface area contributed by atoms with Gasteiger partial charge in [-0.25, -0.2) is 0 Å². The van der Waals surface area contributed by atoms with Gasteiger partial charge in [0, 0.05) is 24.5 Å². The Balaban J connectivity index is 1.49. The van der Waals surface area contributed by atoms with Crippen molar-refractivity contribution in [3.63, 3.8) is 0 Å². The number of aryl methyl sites for hydroxylation is 1. The summed E-state index contributed by atoms with van der Waals surface area (Å²) in [6.07, 6.45) is 5.42. The number of fused-ring (bicyclic) bond motifs is 1. The number of ether oxygens (including phenoxy) is 1. The van der Waals surface area contributed by atoms with Gasteiger partial charge >= 0.3 is 0 Å². The van der Waals surface area contributed by atoms with E-state index in [0.29, 0.717) is 5.69 Å². The second-order valence-corrected chi connectivity index (χ2v) is 8.44. The first kappa shape index (κ1) is 20.3. The lowest BCUT2D eigenvalue weighted by Gasteiger charge is -2.31. The minimum atomic E-state index is -0.413. The van der Waals surface area contributed by atoms with Crippen molar-refractivity contribution in [1.29, 1.82) is 5.26 Å². The predicted molar refractivity (Wildman–Crippen MR) is 113 cm³/mol. The number of nitrogens with one attached hydrogen (secondary N) is 2. The van der Waals surface area contributed by atoms with Gasteiger partial charge in [0.05, 0.1) is 24.6 Å². The highest BCUT2D eigenvalue weighted by molar-refractivity contribution is 5.99. The molecule has 0 spiro atoms. The first-order valence-corrected chi connectivity index (χ1v) is 10.7. The maximum Gasteiger partial charge on any atom is 0.268 e. The molecule has 2 aromatic rings. The number of hydrogen-bond acceptors (Lipinski definition) is 4. The highest BCUT2D eigenvalue weighted by atomic mass is 16.5. The van der Waals surface area contributed by atoms with Gasteiger partial charge in [0.25, 0.3) is 5.91 Å². The number of aromatic nitrogens is 1. The van der Waals surface area contributed by atoms with Crippen molar-refractivity contribution in [2.75, 3.05) is 7.11 Å². The Morgan fingerprint density at radius 1 is 1.20 bits per heavy atom. The normalized spacial score (nSPS) is 22.2. The molecule has 0 saturated heterocycles. The Labute approximate surface area is 176 Å². The molecule has 1 aromatic carbocycles. The van der Waals surface area contributed by atoms with Gasteiger partial charge in [-0.2, -0.15) is 5.26 Å². The van der Waals surface area contributed by atoms with E-state index in [1.54, 1.807) is 7.11 Å². The van der Waals surface area contributed by atoms with Gasteiger partial charge in [0.15, 0.2) is 0 Å². The Morgan fingerprint density at radius 2 is 1.97 bits per heavy atom. The van der Waals surface area contributed by atoms with E-state index >= 15 is 0 Å². The van der Waals surface area contributed by atoms with Crippen LogP contribution in [0.25, 0.3) is 10.9 Å². The number of rotatable bonds is 6. The Hall–Kier alpha value is -3.01. The summed E-state index contributed by atoms with van der Waals surface area (Å²) in [7, 11) is 3.47. The third-order valence-electron chi connectivity index (χ3n) is 6.43. The fourth-order valence-corrected chi connectivity index (χ4v) is 4.46. The van der Waals surface area contributed by atoms with Gasteiger partial charge in [-0.05, 0) is 49.8 Å². The number of methoxy groups -OCH3 is 1. The summed E-state index contributed by atoms with van der Waals surface area (Å²) >= 11 is 0. The minimum Gasteiger partial charge on any atom is -0.497 e. The van der Waals surface area contributed by atoms with Crippen molar-refractivity contribution >= 4 is 22.7 Å². The van der Waals surface area contributed by atoms with Crippen molar-refractivity contribution in [2.24, 2.45) is 18.9 Å². The fraction of sp³-hybridized carbons (Fsp3) is 0.522. The van der Waals surface area contributed by atoms with Crippen LogP contribution in [0, 0.1) is 23.2 Å². The number of nitrogens with zero attached hydrogens (tertiary/aromatic N) is 2. The van der Waals surface area contributed by atoms with E-state index in [1.807, 2.05) is 35.9 Å². The molecule has 0 bridgehead atoms. The van der Waals surface area contributed by atoms with Crippen LogP contribution in [-0.2, 0) is 11.8 Å². The molecule has 0 aliphatic heterocycles. The first-order valence-electron chi connectivity index (χ1n) is 10.7. The first-order chi connectivity index (χ1) is 14.5. The van der Waals surface area contributed by atoms with E-state index in [-0.39, 0.29) is 29.7 Å². The molecule has 158 valence electrons. The van der Waals surface area contributed by atoms with E-state index in [9.17, 15) is 14.9 Å². The highest BCUT2D eigenvalue weighted by Gasteiger charge is 2.37. The molecule has 30 heavy (non-hydrogen) atoms. The molecule has 2 amide bonds. The summed E-state index contributed by atoms with van der Waals surface area (Å²) in [4.78, 5) is 25.9. The van der Waals surface area contributed by atoms with E-state index < -0.39 is 6.04 Å². The largest absolute Gasteiger partial charge is 0.497 e. The van der Waals surface area contributed by atoms with Gasteiger partial charge in [-0.3, -0.25) is 9.59 Å². The number of carbonyl (C=O) groups excluding carboxylic acids is 2. The van der Waals surface area contributed by atoms with Crippen LogP contribution in [0.1, 0.15) is 49.0 Å². The minimum absolute atomic E-state index is 0.111. The van der Waals surface area contributed by atoms with E-state index in [1.165, 1.54) is 0 Å². The van der Waals surface area contributed by atoms with Crippen LogP contribution in [0.2, 0.25) is 0 Å². The van der Waals surface area contributed by atoms with Crippen LogP contribution in [0.5, 0.6) is 5.75 Å². The molecule has 2 N–H and O–H groups in total. The SMILES string of the molecule is COc1ccc2cc(C(=O)NC3CCCCC3C(=O)NC(C#N)C3CC3)n(C)c2c1. The second-order valence-electron chi connectivity index (χ2n) is 8.44. The predicted octanol–water partition coefficient (Wildman–Crippen LogP) is 2.89. The molecule has 1 heterocycles. The fourth-order valence-electron chi connectivity index (χ4n) is 4.46. The number of benzene rings is 1. The van der Waals surface area contributed by atoms with Crippen LogP contribution >= 0.6 is 0 Å². The number of hydrogen-bond donors (Lipinski definition) is 2. The molecule has 3 unspecified atom stereocenters. The molecule has 3 atom stereocenters. The van der Waals surface area contributed by atoms with Crippen LogP contribution in [0.15, 0.2) is 24.3 Å². The average Bonchev–Trinajstić information content (AvgIpc) is 3.55. The summed E-state index contributed by atoms with van der Waals surface area (Å²) in [5, 5.41) is 16.3. The molecule has 2 aliphatic carbocycles. The molecule has 7 nitrogen and oxygen atoms in total. The molecule has 4 rings (SSSR count). The zero-order valence-corrected chi connectivity index (χ0v) is 17.5. The summed E-state index contributed by atoms with van der Waals surface area (Å²) in [6.45, 7) is 0.